The van der Waals surface area contributed by atoms with E-state index < -0.39 is 0 Å². The fourth-order valence-corrected chi connectivity index (χ4v) is 4.43. The topological polar surface area (TPSA) is 63.3 Å². The molecule has 5 rings (SSSR count). The standard InChI is InChI=1S/C26H28N4O2/c1-31-22-7-9-23(10-8-22)32-15-12-21-16-26(29-28-21)20-11-14-30(18-20)17-19-4-2-6-25-24(19)5-3-13-27-25/h2-10,13,16,20H,11-12,14-15,17-18H2,1H3,(H,28,29)/t20-/m0/s1. The van der Waals surface area contributed by atoms with E-state index in [1.54, 1.807) is 7.11 Å². The number of aromatic amines is 1. The smallest absolute Gasteiger partial charge is 0.119 e. The Balaban J connectivity index is 1.14. The molecule has 0 saturated carbocycles. The third-order valence-electron chi connectivity index (χ3n) is 6.17. The van der Waals surface area contributed by atoms with Gasteiger partial charge in [-0.3, -0.25) is 15.0 Å². The van der Waals surface area contributed by atoms with Crippen LogP contribution in [0.5, 0.6) is 11.5 Å². The summed E-state index contributed by atoms with van der Waals surface area (Å²) in [6, 6.07) is 20.4. The number of pyridine rings is 1. The molecule has 32 heavy (non-hydrogen) atoms. The van der Waals surface area contributed by atoms with Gasteiger partial charge in [-0.05, 0) is 61.0 Å². The maximum absolute atomic E-state index is 5.85. The minimum absolute atomic E-state index is 0.468. The van der Waals surface area contributed by atoms with Gasteiger partial charge in [0.2, 0.25) is 0 Å². The zero-order chi connectivity index (χ0) is 21.8. The molecule has 1 N–H and O–H groups in total. The average Bonchev–Trinajstić information content (AvgIpc) is 3.49. The van der Waals surface area contributed by atoms with Crippen molar-refractivity contribution >= 4 is 10.9 Å². The normalized spacial score (nSPS) is 16.5. The summed E-state index contributed by atoms with van der Waals surface area (Å²) in [6.07, 6.45) is 3.79. The molecule has 1 saturated heterocycles. The first kappa shape index (κ1) is 20.5. The summed E-state index contributed by atoms with van der Waals surface area (Å²) in [4.78, 5) is 7.01. The second-order valence-electron chi connectivity index (χ2n) is 8.30. The number of methoxy groups -OCH3 is 1. The van der Waals surface area contributed by atoms with E-state index in [-0.39, 0.29) is 0 Å². The van der Waals surface area contributed by atoms with Crippen molar-refractivity contribution in [3.8, 4) is 11.5 Å². The number of nitrogens with one attached hydrogen (secondary N) is 1. The summed E-state index contributed by atoms with van der Waals surface area (Å²) < 4.78 is 11.0. The van der Waals surface area contributed by atoms with Crippen LogP contribution < -0.4 is 9.47 Å². The number of nitrogens with zero attached hydrogens (tertiary/aromatic N) is 3. The molecule has 0 bridgehead atoms. The summed E-state index contributed by atoms with van der Waals surface area (Å²) in [6.45, 7) is 3.68. The Labute approximate surface area is 188 Å². The quantitative estimate of drug-likeness (QED) is 0.445. The first-order valence-corrected chi connectivity index (χ1v) is 11.1. The highest BCUT2D eigenvalue weighted by atomic mass is 16.5. The van der Waals surface area contributed by atoms with Crippen LogP contribution in [-0.2, 0) is 13.0 Å². The Hall–Kier alpha value is -3.38. The predicted molar refractivity (Wildman–Crippen MR) is 125 cm³/mol. The third-order valence-corrected chi connectivity index (χ3v) is 6.17. The van der Waals surface area contributed by atoms with E-state index in [2.05, 4.69) is 50.4 Å². The van der Waals surface area contributed by atoms with Crippen molar-refractivity contribution < 1.29 is 9.47 Å². The Bertz CT molecular complexity index is 1170. The highest BCUT2D eigenvalue weighted by Crippen LogP contribution is 2.29. The Morgan fingerprint density at radius 2 is 1.94 bits per heavy atom. The van der Waals surface area contributed by atoms with Gasteiger partial charge in [0.15, 0.2) is 0 Å². The van der Waals surface area contributed by atoms with Gasteiger partial charge in [-0.25, -0.2) is 0 Å². The number of aromatic nitrogens is 3. The molecule has 0 aliphatic carbocycles. The van der Waals surface area contributed by atoms with Crippen molar-refractivity contribution in [1.29, 1.82) is 0 Å². The molecular formula is C26H28N4O2. The van der Waals surface area contributed by atoms with E-state index in [4.69, 9.17) is 9.47 Å². The van der Waals surface area contributed by atoms with Crippen LogP contribution in [0.1, 0.15) is 29.3 Å². The van der Waals surface area contributed by atoms with Crippen molar-refractivity contribution in [1.82, 2.24) is 20.1 Å². The minimum Gasteiger partial charge on any atom is -0.497 e. The Kier molecular flexibility index (Phi) is 6.03. The van der Waals surface area contributed by atoms with Gasteiger partial charge in [-0.1, -0.05) is 18.2 Å². The van der Waals surface area contributed by atoms with Crippen LogP contribution in [0, 0.1) is 0 Å². The zero-order valence-electron chi connectivity index (χ0n) is 18.3. The summed E-state index contributed by atoms with van der Waals surface area (Å²) >= 11 is 0. The van der Waals surface area contributed by atoms with Crippen molar-refractivity contribution in [2.75, 3.05) is 26.8 Å². The maximum Gasteiger partial charge on any atom is 0.119 e. The number of H-pyrrole nitrogens is 1. The zero-order valence-corrected chi connectivity index (χ0v) is 18.3. The maximum atomic E-state index is 5.85. The van der Waals surface area contributed by atoms with Gasteiger partial charge in [-0.15, -0.1) is 0 Å². The van der Waals surface area contributed by atoms with E-state index in [1.807, 2.05) is 36.5 Å². The van der Waals surface area contributed by atoms with Gasteiger partial charge in [0, 0.05) is 42.7 Å². The molecule has 0 radical (unpaired) electrons. The highest BCUT2D eigenvalue weighted by Gasteiger charge is 2.26. The second kappa shape index (κ2) is 9.40. The van der Waals surface area contributed by atoms with Crippen molar-refractivity contribution in [2.45, 2.75) is 25.3 Å². The van der Waals surface area contributed by atoms with Crippen LogP contribution in [-0.4, -0.2) is 46.9 Å². The lowest BCUT2D eigenvalue weighted by Gasteiger charge is -2.17. The van der Waals surface area contributed by atoms with Gasteiger partial charge in [0.25, 0.3) is 0 Å². The summed E-state index contributed by atoms with van der Waals surface area (Å²) in [5.41, 5.74) is 4.68. The minimum atomic E-state index is 0.468. The lowest BCUT2D eigenvalue weighted by molar-refractivity contribution is 0.319. The predicted octanol–water partition coefficient (Wildman–Crippen LogP) is 4.58. The molecule has 6 nitrogen and oxygen atoms in total. The van der Waals surface area contributed by atoms with Crippen molar-refractivity contribution in [3.05, 3.63) is 83.8 Å². The fourth-order valence-electron chi connectivity index (χ4n) is 4.43. The molecule has 0 spiro atoms. The number of hydrogen-bond donors (Lipinski definition) is 1. The van der Waals surface area contributed by atoms with Crippen molar-refractivity contribution in [2.24, 2.45) is 0 Å². The van der Waals surface area contributed by atoms with Crippen LogP contribution in [0.4, 0.5) is 0 Å². The molecule has 1 fully saturated rings. The van der Waals surface area contributed by atoms with Gasteiger partial charge in [0.1, 0.15) is 11.5 Å². The van der Waals surface area contributed by atoms with E-state index in [1.165, 1.54) is 10.9 Å². The lowest BCUT2D eigenvalue weighted by atomic mass is 10.0. The van der Waals surface area contributed by atoms with E-state index in [0.717, 1.165) is 60.9 Å². The van der Waals surface area contributed by atoms with Gasteiger partial charge in [-0.2, -0.15) is 5.10 Å². The molecule has 2 aromatic heterocycles. The van der Waals surface area contributed by atoms with Gasteiger partial charge >= 0.3 is 0 Å². The number of hydrogen-bond acceptors (Lipinski definition) is 5. The molecule has 4 aromatic rings. The van der Waals surface area contributed by atoms with Crippen LogP contribution in [0.2, 0.25) is 0 Å². The first-order valence-electron chi connectivity index (χ1n) is 11.1. The van der Waals surface area contributed by atoms with E-state index in [9.17, 15) is 0 Å². The Morgan fingerprint density at radius 1 is 1.06 bits per heavy atom. The average molecular weight is 429 g/mol. The molecule has 0 unspecified atom stereocenters. The third kappa shape index (κ3) is 4.60. The number of fused-ring (bicyclic) bond motifs is 1. The molecule has 6 heteroatoms. The highest BCUT2D eigenvalue weighted by molar-refractivity contribution is 5.81. The van der Waals surface area contributed by atoms with Crippen LogP contribution in [0.25, 0.3) is 10.9 Å². The first-order chi connectivity index (χ1) is 15.8. The van der Waals surface area contributed by atoms with Crippen LogP contribution in [0.3, 0.4) is 0 Å². The van der Waals surface area contributed by atoms with Gasteiger partial charge in [0.05, 0.1) is 24.9 Å². The second-order valence-corrected chi connectivity index (χ2v) is 8.30. The number of rotatable bonds is 8. The molecule has 3 heterocycles. The fraction of sp³-hybridized carbons (Fsp3) is 0.308. The summed E-state index contributed by atoms with van der Waals surface area (Å²) in [5, 5.41) is 9.05. The molecule has 1 aliphatic heterocycles. The SMILES string of the molecule is COc1ccc(OCCc2cc([C@H]3CCN(Cc4cccc5ncccc45)C3)n[nH]2)cc1. The van der Waals surface area contributed by atoms with Crippen molar-refractivity contribution in [3.63, 3.8) is 0 Å². The molecule has 2 aromatic carbocycles. The molecular weight excluding hydrogens is 400 g/mol. The molecule has 1 atom stereocenters. The Morgan fingerprint density at radius 3 is 2.81 bits per heavy atom. The number of likely N-dealkylation sites (tertiary alicyclic amines) is 1. The van der Waals surface area contributed by atoms with Crippen LogP contribution in [0.15, 0.2) is 66.9 Å². The largest absolute Gasteiger partial charge is 0.497 e. The molecule has 164 valence electrons. The summed E-state index contributed by atoms with van der Waals surface area (Å²) in [5.74, 6) is 2.15. The monoisotopic (exact) mass is 428 g/mol. The summed E-state index contributed by atoms with van der Waals surface area (Å²) in [7, 11) is 1.66. The van der Waals surface area contributed by atoms with E-state index >= 15 is 0 Å². The van der Waals surface area contributed by atoms with Crippen LogP contribution >= 0.6 is 0 Å². The molecule has 1 aliphatic rings. The molecule has 0 amide bonds. The lowest BCUT2D eigenvalue weighted by Crippen LogP contribution is -2.20. The number of ether oxygens (including phenoxy) is 2. The van der Waals surface area contributed by atoms with E-state index in [0.29, 0.717) is 12.5 Å². The number of benzene rings is 2. The van der Waals surface area contributed by atoms with Gasteiger partial charge < -0.3 is 9.47 Å².